The Labute approximate surface area is 91.5 Å². The van der Waals surface area contributed by atoms with Gasteiger partial charge >= 0.3 is 0 Å². The number of hydrogen-bond acceptors (Lipinski definition) is 4. The molecule has 0 radical (unpaired) electrons. The minimum absolute atomic E-state index is 0.184. The molecule has 0 spiro atoms. The van der Waals surface area contributed by atoms with Crippen LogP contribution in [0.15, 0.2) is 6.20 Å². The predicted molar refractivity (Wildman–Crippen MR) is 60.6 cm³/mol. The van der Waals surface area contributed by atoms with Crippen molar-refractivity contribution in [2.75, 3.05) is 0 Å². The van der Waals surface area contributed by atoms with Crippen LogP contribution in [0.2, 0.25) is 0 Å². The van der Waals surface area contributed by atoms with Gasteiger partial charge in [-0.3, -0.25) is 4.79 Å². The number of nitrogens with zero attached hydrogens (tertiary/aromatic N) is 1. The zero-order chi connectivity index (χ0) is 10.7. The van der Waals surface area contributed by atoms with Crippen LogP contribution in [0.1, 0.15) is 21.6 Å². The first-order valence-electron chi connectivity index (χ1n) is 4.03. The van der Waals surface area contributed by atoms with Gasteiger partial charge in [0.05, 0.1) is 22.2 Å². The molecule has 1 atom stereocenters. The quantitative estimate of drug-likeness (QED) is 0.754. The minimum Gasteiger partial charge on any atom is -0.392 e. The van der Waals surface area contributed by atoms with Crippen LogP contribution in [0.25, 0.3) is 0 Å². The molecule has 0 saturated carbocycles. The molecule has 0 aliphatic heterocycles. The Bertz CT molecular complexity index is 361. The third-order valence-electron chi connectivity index (χ3n) is 1.62. The molecule has 6 heteroatoms. The van der Waals surface area contributed by atoms with Crippen molar-refractivity contribution < 1.29 is 4.79 Å². The number of nitrogens with two attached hydrogens (primary N) is 1. The van der Waals surface area contributed by atoms with E-state index in [4.69, 9.17) is 18.0 Å². The van der Waals surface area contributed by atoms with Crippen LogP contribution >= 0.6 is 23.6 Å². The first kappa shape index (κ1) is 11.1. The molecular formula is C8H11N3OS2. The second-order valence-corrected chi connectivity index (χ2v) is 4.55. The topological polar surface area (TPSA) is 68.0 Å². The van der Waals surface area contributed by atoms with E-state index in [0.29, 0.717) is 4.88 Å². The third kappa shape index (κ3) is 2.74. The molecule has 1 aromatic rings. The van der Waals surface area contributed by atoms with E-state index in [0.717, 1.165) is 5.01 Å². The largest absolute Gasteiger partial charge is 0.392 e. The standard InChI is InChI=1S/C8H11N3OS2/c1-4(7(9)13)11-8(12)6-3-10-5(2)14-6/h3-4H,1-2H3,(H2,9,13)(H,11,12). The smallest absolute Gasteiger partial charge is 0.263 e. The van der Waals surface area contributed by atoms with Crippen LogP contribution in [-0.4, -0.2) is 21.9 Å². The lowest BCUT2D eigenvalue weighted by molar-refractivity contribution is 0.0953. The number of hydrogen-bond donors (Lipinski definition) is 2. The van der Waals surface area contributed by atoms with Gasteiger partial charge in [-0.1, -0.05) is 12.2 Å². The highest BCUT2D eigenvalue weighted by molar-refractivity contribution is 7.80. The molecule has 1 heterocycles. The number of thiazole rings is 1. The fraction of sp³-hybridized carbons (Fsp3) is 0.375. The van der Waals surface area contributed by atoms with E-state index < -0.39 is 0 Å². The van der Waals surface area contributed by atoms with Crippen molar-refractivity contribution in [2.24, 2.45) is 5.73 Å². The summed E-state index contributed by atoms with van der Waals surface area (Å²) in [5, 5.41) is 3.53. The molecule has 76 valence electrons. The van der Waals surface area contributed by atoms with Gasteiger partial charge in [0, 0.05) is 0 Å². The lowest BCUT2D eigenvalue weighted by Crippen LogP contribution is -2.40. The molecule has 0 saturated heterocycles. The van der Waals surface area contributed by atoms with E-state index in [1.54, 1.807) is 13.1 Å². The van der Waals surface area contributed by atoms with Crippen molar-refractivity contribution in [3.05, 3.63) is 16.1 Å². The Morgan fingerprint density at radius 1 is 1.79 bits per heavy atom. The normalized spacial score (nSPS) is 12.1. The maximum Gasteiger partial charge on any atom is 0.263 e. The van der Waals surface area contributed by atoms with Crippen LogP contribution in [0.5, 0.6) is 0 Å². The Morgan fingerprint density at radius 2 is 2.43 bits per heavy atom. The van der Waals surface area contributed by atoms with Crippen LogP contribution in [0.4, 0.5) is 0 Å². The van der Waals surface area contributed by atoms with Gasteiger partial charge in [0.2, 0.25) is 0 Å². The summed E-state index contributed by atoms with van der Waals surface area (Å²) in [4.78, 5) is 16.4. The van der Waals surface area contributed by atoms with Gasteiger partial charge in [-0.05, 0) is 13.8 Å². The molecule has 0 aliphatic carbocycles. The fourth-order valence-corrected chi connectivity index (χ4v) is 1.54. The van der Waals surface area contributed by atoms with Crippen molar-refractivity contribution in [3.63, 3.8) is 0 Å². The first-order valence-corrected chi connectivity index (χ1v) is 5.26. The van der Waals surface area contributed by atoms with Crippen molar-refractivity contribution in [1.82, 2.24) is 10.3 Å². The molecule has 0 aromatic carbocycles. The summed E-state index contributed by atoms with van der Waals surface area (Å²) in [6.07, 6.45) is 1.54. The van der Waals surface area contributed by atoms with Crippen LogP contribution in [-0.2, 0) is 0 Å². The molecule has 1 unspecified atom stereocenters. The Hall–Kier alpha value is -1.01. The average molecular weight is 229 g/mol. The number of amides is 1. The van der Waals surface area contributed by atoms with Crippen molar-refractivity contribution >= 4 is 34.5 Å². The number of rotatable bonds is 3. The summed E-state index contributed by atoms with van der Waals surface area (Å²) in [7, 11) is 0. The first-order chi connectivity index (χ1) is 6.50. The van der Waals surface area contributed by atoms with Gasteiger partial charge in [0.1, 0.15) is 4.88 Å². The van der Waals surface area contributed by atoms with Crippen LogP contribution in [0.3, 0.4) is 0 Å². The van der Waals surface area contributed by atoms with Crippen molar-refractivity contribution in [3.8, 4) is 0 Å². The van der Waals surface area contributed by atoms with Crippen LogP contribution in [0, 0.1) is 6.92 Å². The van der Waals surface area contributed by atoms with E-state index >= 15 is 0 Å². The summed E-state index contributed by atoms with van der Waals surface area (Å²) in [5.41, 5.74) is 5.37. The van der Waals surface area contributed by atoms with E-state index in [1.165, 1.54) is 11.3 Å². The number of nitrogens with one attached hydrogen (secondary N) is 1. The number of carbonyl (C=O) groups excluding carboxylic acids is 1. The zero-order valence-electron chi connectivity index (χ0n) is 7.90. The number of carbonyl (C=O) groups is 1. The minimum atomic E-state index is -0.292. The number of thiocarbonyl (C=S) groups is 1. The maximum absolute atomic E-state index is 11.5. The Morgan fingerprint density at radius 3 is 2.86 bits per heavy atom. The van der Waals surface area contributed by atoms with Crippen LogP contribution < -0.4 is 11.1 Å². The van der Waals surface area contributed by atoms with Gasteiger partial charge in [-0.2, -0.15) is 0 Å². The molecule has 3 N–H and O–H groups in total. The van der Waals surface area contributed by atoms with E-state index in [2.05, 4.69) is 10.3 Å². The van der Waals surface area contributed by atoms with E-state index in [9.17, 15) is 4.79 Å². The lowest BCUT2D eigenvalue weighted by atomic mass is 10.3. The van der Waals surface area contributed by atoms with Crippen molar-refractivity contribution in [2.45, 2.75) is 19.9 Å². The van der Waals surface area contributed by atoms with E-state index in [1.807, 2.05) is 6.92 Å². The molecule has 4 nitrogen and oxygen atoms in total. The molecule has 14 heavy (non-hydrogen) atoms. The maximum atomic E-state index is 11.5. The molecule has 0 bridgehead atoms. The zero-order valence-corrected chi connectivity index (χ0v) is 9.54. The summed E-state index contributed by atoms with van der Waals surface area (Å²) in [6.45, 7) is 3.59. The second kappa shape index (κ2) is 4.47. The van der Waals surface area contributed by atoms with Gasteiger partial charge in [-0.15, -0.1) is 11.3 Å². The molecule has 1 rings (SSSR count). The summed E-state index contributed by atoms with van der Waals surface area (Å²) in [5.74, 6) is -0.184. The summed E-state index contributed by atoms with van der Waals surface area (Å²) >= 11 is 6.08. The molecule has 0 aliphatic rings. The van der Waals surface area contributed by atoms with Gasteiger partial charge in [-0.25, -0.2) is 4.98 Å². The summed E-state index contributed by atoms with van der Waals surface area (Å²) < 4.78 is 0. The van der Waals surface area contributed by atoms with Gasteiger partial charge in [0.25, 0.3) is 5.91 Å². The molecule has 0 fully saturated rings. The predicted octanol–water partition coefficient (Wildman–Crippen LogP) is 0.856. The summed E-state index contributed by atoms with van der Waals surface area (Å²) in [6, 6.07) is -0.292. The lowest BCUT2D eigenvalue weighted by Gasteiger charge is -2.10. The second-order valence-electron chi connectivity index (χ2n) is 2.84. The Kier molecular flexibility index (Phi) is 3.54. The molecular weight excluding hydrogens is 218 g/mol. The highest BCUT2D eigenvalue weighted by Crippen LogP contribution is 2.11. The van der Waals surface area contributed by atoms with E-state index in [-0.39, 0.29) is 16.9 Å². The monoisotopic (exact) mass is 229 g/mol. The van der Waals surface area contributed by atoms with Gasteiger partial charge in [0.15, 0.2) is 0 Å². The van der Waals surface area contributed by atoms with Crippen molar-refractivity contribution in [1.29, 1.82) is 0 Å². The highest BCUT2D eigenvalue weighted by Gasteiger charge is 2.13. The average Bonchev–Trinajstić information content (AvgIpc) is 2.51. The SMILES string of the molecule is Cc1ncc(C(=O)NC(C)C(N)=S)s1. The molecule has 1 amide bonds. The third-order valence-corrected chi connectivity index (χ3v) is 2.88. The number of aromatic nitrogens is 1. The highest BCUT2D eigenvalue weighted by atomic mass is 32.1. The fourth-order valence-electron chi connectivity index (χ4n) is 0.805. The van der Waals surface area contributed by atoms with Gasteiger partial charge < -0.3 is 11.1 Å². The molecule has 1 aromatic heterocycles. The number of aryl methyl sites for hydroxylation is 1. The Balaban J connectivity index is 2.63.